The third-order valence-electron chi connectivity index (χ3n) is 5.82. The highest BCUT2D eigenvalue weighted by Crippen LogP contribution is 2.40. The van der Waals surface area contributed by atoms with Gasteiger partial charge in [0.15, 0.2) is 5.79 Å². The number of rotatable bonds is 3. The molecule has 5 nitrogen and oxygen atoms in total. The molecule has 1 amide bonds. The van der Waals surface area contributed by atoms with E-state index in [1.54, 1.807) is 7.11 Å². The number of benzene rings is 2. The molecule has 0 atom stereocenters. The molecule has 1 spiro atoms. The van der Waals surface area contributed by atoms with Crippen LogP contribution in [-0.4, -0.2) is 32.0 Å². The van der Waals surface area contributed by atoms with Gasteiger partial charge in [-0.25, -0.2) is 0 Å². The molecule has 0 radical (unpaired) electrons. The zero-order valence-corrected chi connectivity index (χ0v) is 16.0. The quantitative estimate of drug-likeness (QED) is 0.865. The molecule has 2 aliphatic rings. The van der Waals surface area contributed by atoms with Crippen molar-refractivity contribution in [2.24, 2.45) is 5.41 Å². The first kappa shape index (κ1) is 18.3. The van der Waals surface area contributed by atoms with Crippen molar-refractivity contribution in [3.63, 3.8) is 0 Å². The summed E-state index contributed by atoms with van der Waals surface area (Å²) < 4.78 is 17.6. The Morgan fingerprint density at radius 3 is 2.33 bits per heavy atom. The Hall–Kier alpha value is -2.11. The van der Waals surface area contributed by atoms with E-state index < -0.39 is 11.2 Å². The molecular weight excluding hydrogens is 342 g/mol. The van der Waals surface area contributed by atoms with Gasteiger partial charge in [-0.3, -0.25) is 4.79 Å². The van der Waals surface area contributed by atoms with Gasteiger partial charge in [-0.2, -0.15) is 0 Å². The van der Waals surface area contributed by atoms with Gasteiger partial charge >= 0.3 is 0 Å². The first-order valence-corrected chi connectivity index (χ1v) is 9.70. The fourth-order valence-corrected chi connectivity index (χ4v) is 4.01. The van der Waals surface area contributed by atoms with E-state index in [-0.39, 0.29) is 5.91 Å². The molecule has 0 bridgehead atoms. The van der Waals surface area contributed by atoms with E-state index >= 15 is 0 Å². The van der Waals surface area contributed by atoms with Crippen molar-refractivity contribution in [1.29, 1.82) is 0 Å². The number of amides is 1. The van der Waals surface area contributed by atoms with Crippen LogP contribution in [0.1, 0.15) is 39.0 Å². The predicted octanol–water partition coefficient (Wildman–Crippen LogP) is 4.50. The molecule has 0 unspecified atom stereocenters. The van der Waals surface area contributed by atoms with E-state index in [9.17, 15) is 4.79 Å². The van der Waals surface area contributed by atoms with Crippen LogP contribution in [0.15, 0.2) is 36.4 Å². The maximum atomic E-state index is 13.1. The summed E-state index contributed by atoms with van der Waals surface area (Å²) in [5.74, 6) is 0.243. The Bertz CT molecular complexity index is 831. The maximum absolute atomic E-state index is 13.1. The first-order valence-electron chi connectivity index (χ1n) is 9.70. The van der Waals surface area contributed by atoms with Gasteiger partial charge in [0.1, 0.15) is 5.75 Å². The fraction of sp³-hybridized carbons (Fsp3) is 0.500. The third-order valence-corrected chi connectivity index (χ3v) is 5.82. The van der Waals surface area contributed by atoms with Crippen LogP contribution in [-0.2, 0) is 14.3 Å². The van der Waals surface area contributed by atoms with Crippen LogP contribution in [0.4, 0.5) is 5.69 Å². The highest BCUT2D eigenvalue weighted by molar-refractivity contribution is 6.05. The molecule has 1 N–H and O–H groups in total. The zero-order chi connectivity index (χ0) is 18.9. The largest absolute Gasteiger partial charge is 0.496 e. The van der Waals surface area contributed by atoms with E-state index in [1.165, 1.54) is 6.42 Å². The van der Waals surface area contributed by atoms with Gasteiger partial charge in [-0.1, -0.05) is 30.7 Å². The normalized spacial score (nSPS) is 21.1. The maximum Gasteiger partial charge on any atom is 0.235 e. The van der Waals surface area contributed by atoms with Crippen molar-refractivity contribution >= 4 is 22.4 Å². The summed E-state index contributed by atoms with van der Waals surface area (Å²) >= 11 is 0. The lowest BCUT2D eigenvalue weighted by Crippen LogP contribution is -2.53. The Labute approximate surface area is 160 Å². The number of hydrogen-bond donors (Lipinski definition) is 1. The molecule has 1 aliphatic carbocycles. The molecule has 1 saturated heterocycles. The number of methoxy groups -OCH3 is 1. The molecule has 2 aromatic carbocycles. The number of nitrogens with one attached hydrogen (secondary N) is 1. The van der Waals surface area contributed by atoms with E-state index in [0.717, 1.165) is 47.9 Å². The fourth-order valence-electron chi connectivity index (χ4n) is 4.01. The summed E-state index contributed by atoms with van der Waals surface area (Å²) in [6.07, 6.45) is 5.33. The van der Waals surface area contributed by atoms with Crippen LogP contribution in [0.5, 0.6) is 5.75 Å². The Morgan fingerprint density at radius 1 is 1.00 bits per heavy atom. The second kappa shape index (κ2) is 7.13. The summed E-state index contributed by atoms with van der Waals surface area (Å²) in [5, 5.41) is 5.01. The lowest BCUT2D eigenvalue weighted by molar-refractivity contribution is -0.306. The van der Waals surface area contributed by atoms with Crippen LogP contribution in [0, 0.1) is 5.41 Å². The van der Waals surface area contributed by atoms with Gasteiger partial charge in [0, 0.05) is 29.3 Å². The molecule has 0 aromatic heterocycles. The minimum Gasteiger partial charge on any atom is -0.496 e. The molecule has 2 aromatic rings. The van der Waals surface area contributed by atoms with Gasteiger partial charge in [0.05, 0.1) is 25.7 Å². The molecule has 4 rings (SSSR count). The average molecular weight is 369 g/mol. The molecule has 5 heteroatoms. The smallest absolute Gasteiger partial charge is 0.235 e. The minimum atomic E-state index is -0.705. The highest BCUT2D eigenvalue weighted by atomic mass is 16.7. The zero-order valence-electron chi connectivity index (χ0n) is 16.0. The Morgan fingerprint density at radius 2 is 1.67 bits per heavy atom. The van der Waals surface area contributed by atoms with Gasteiger partial charge in [-0.05, 0) is 31.9 Å². The second-order valence-corrected chi connectivity index (χ2v) is 7.92. The van der Waals surface area contributed by atoms with E-state index in [1.807, 2.05) is 43.3 Å². The third kappa shape index (κ3) is 3.42. The standard InChI is InChI=1S/C22H27NO4/c1-21(14-26-22(27-15-21)12-6-3-7-13-22)20(24)23-18-10-11-19(25-2)17-9-5-4-8-16(17)18/h4-5,8-11H,3,6-7,12-15H2,1-2H3,(H,23,24). The monoisotopic (exact) mass is 369 g/mol. The van der Waals surface area contributed by atoms with Crippen LogP contribution in [0.2, 0.25) is 0 Å². The minimum absolute atomic E-state index is 0.0801. The number of carbonyl (C=O) groups excluding carboxylic acids is 1. The molecule has 1 saturated carbocycles. The van der Waals surface area contributed by atoms with Crippen LogP contribution in [0.3, 0.4) is 0 Å². The Kier molecular flexibility index (Phi) is 4.82. The molecular formula is C22H27NO4. The van der Waals surface area contributed by atoms with Crippen molar-refractivity contribution in [2.75, 3.05) is 25.6 Å². The average Bonchev–Trinajstić information content (AvgIpc) is 2.71. The molecule has 1 heterocycles. The number of fused-ring (bicyclic) bond motifs is 1. The van der Waals surface area contributed by atoms with E-state index in [0.29, 0.717) is 13.2 Å². The van der Waals surface area contributed by atoms with Crippen LogP contribution < -0.4 is 10.1 Å². The van der Waals surface area contributed by atoms with Crippen LogP contribution in [0.25, 0.3) is 10.8 Å². The molecule has 2 fully saturated rings. The highest BCUT2D eigenvalue weighted by Gasteiger charge is 2.46. The summed E-state index contributed by atoms with van der Waals surface area (Å²) in [6, 6.07) is 11.7. The second-order valence-electron chi connectivity index (χ2n) is 7.92. The van der Waals surface area contributed by atoms with Crippen molar-refractivity contribution < 1.29 is 19.0 Å². The number of ether oxygens (including phenoxy) is 3. The van der Waals surface area contributed by atoms with Crippen molar-refractivity contribution in [3.05, 3.63) is 36.4 Å². The SMILES string of the molecule is COc1ccc(NC(=O)C2(C)COC3(CCCCC3)OC2)c2ccccc12. The number of hydrogen-bond acceptors (Lipinski definition) is 4. The van der Waals surface area contributed by atoms with E-state index in [2.05, 4.69) is 5.32 Å². The van der Waals surface area contributed by atoms with Gasteiger partial charge in [0.25, 0.3) is 0 Å². The Balaban J connectivity index is 1.52. The van der Waals surface area contributed by atoms with Gasteiger partial charge in [0.2, 0.25) is 5.91 Å². The molecule has 27 heavy (non-hydrogen) atoms. The summed E-state index contributed by atoms with van der Waals surface area (Å²) in [6.45, 7) is 2.67. The first-order chi connectivity index (χ1) is 13.1. The summed E-state index contributed by atoms with van der Waals surface area (Å²) in [5.41, 5.74) is 0.0690. The number of anilines is 1. The van der Waals surface area contributed by atoms with Gasteiger partial charge in [-0.15, -0.1) is 0 Å². The van der Waals surface area contributed by atoms with Crippen molar-refractivity contribution in [1.82, 2.24) is 0 Å². The van der Waals surface area contributed by atoms with Crippen molar-refractivity contribution in [2.45, 2.75) is 44.8 Å². The summed E-state index contributed by atoms with van der Waals surface area (Å²) in [4.78, 5) is 13.1. The number of carbonyl (C=O) groups is 1. The summed E-state index contributed by atoms with van der Waals surface area (Å²) in [7, 11) is 1.65. The lowest BCUT2D eigenvalue weighted by atomic mass is 9.87. The topological polar surface area (TPSA) is 56.8 Å². The van der Waals surface area contributed by atoms with E-state index in [4.69, 9.17) is 14.2 Å². The predicted molar refractivity (Wildman–Crippen MR) is 105 cm³/mol. The molecule has 1 aliphatic heterocycles. The lowest BCUT2D eigenvalue weighted by Gasteiger charge is -2.45. The van der Waals surface area contributed by atoms with Crippen molar-refractivity contribution in [3.8, 4) is 5.75 Å². The molecule has 144 valence electrons. The van der Waals surface area contributed by atoms with Crippen LogP contribution >= 0.6 is 0 Å². The van der Waals surface area contributed by atoms with Gasteiger partial charge < -0.3 is 19.5 Å².